The van der Waals surface area contributed by atoms with Crippen molar-refractivity contribution >= 4 is 11.6 Å². The molecule has 0 aliphatic carbocycles. The third-order valence-electron chi connectivity index (χ3n) is 0.821. The summed E-state index contributed by atoms with van der Waals surface area (Å²) in [6, 6.07) is 1.19. The smallest absolute Gasteiger partial charge is 0.205 e. The minimum Gasteiger partial charge on any atom is -0.205 e. The fourth-order valence-electron chi connectivity index (χ4n) is 0.528. The van der Waals surface area contributed by atoms with Gasteiger partial charge in [-0.25, -0.2) is 10.2 Å². The number of nitrogen functional groups attached to an aromatic ring is 1. The minimum absolute atomic E-state index is 0.289. The molecule has 2 nitrogen and oxygen atoms in total. The second-order valence-electron chi connectivity index (χ2n) is 1.62. The lowest BCUT2D eigenvalue weighted by molar-refractivity contribution is -0.640. The van der Waals surface area contributed by atoms with E-state index >= 15 is 0 Å². The average molecular weight is 148 g/mol. The Morgan fingerprint density at radius 1 is 1.56 bits per heavy atom. The van der Waals surface area contributed by atoms with Gasteiger partial charge in [-0.15, -0.1) is 0 Å². The van der Waals surface area contributed by atoms with Gasteiger partial charge in [0.1, 0.15) is 5.02 Å². The number of halogens is 2. The molecular weight excluding hydrogens is 143 g/mol. The van der Waals surface area contributed by atoms with Crippen LogP contribution in [0.5, 0.6) is 0 Å². The summed E-state index contributed by atoms with van der Waals surface area (Å²) in [5.41, 5.74) is 0. The van der Waals surface area contributed by atoms with Crippen molar-refractivity contribution in [2.75, 3.05) is 5.84 Å². The van der Waals surface area contributed by atoms with Crippen molar-refractivity contribution < 1.29 is 9.07 Å². The molecule has 0 saturated carbocycles. The van der Waals surface area contributed by atoms with Gasteiger partial charge in [0.15, 0.2) is 5.82 Å². The Bertz CT molecular complexity index is 176. The maximum atomic E-state index is 12.2. The van der Waals surface area contributed by atoms with Crippen LogP contribution in [0.25, 0.3) is 0 Å². The highest BCUT2D eigenvalue weighted by Crippen LogP contribution is 2.04. The van der Waals surface area contributed by atoms with E-state index in [4.69, 9.17) is 17.4 Å². The topological polar surface area (TPSA) is 29.9 Å². The molecule has 0 amide bonds. The Kier molecular flexibility index (Phi) is 1.53. The van der Waals surface area contributed by atoms with E-state index in [1.54, 1.807) is 0 Å². The standard InChI is InChI=1S/C5H5ClFN2/c6-4-1-5(7)3-9(8)2-4/h1-3H,8H2/q+1. The van der Waals surface area contributed by atoms with E-state index in [0.29, 0.717) is 0 Å². The van der Waals surface area contributed by atoms with Gasteiger partial charge in [-0.1, -0.05) is 16.3 Å². The van der Waals surface area contributed by atoms with Crippen LogP contribution in [0, 0.1) is 5.82 Å². The van der Waals surface area contributed by atoms with Crippen LogP contribution in [0.1, 0.15) is 0 Å². The van der Waals surface area contributed by atoms with Gasteiger partial charge in [-0.05, 0) is 0 Å². The third-order valence-corrected chi connectivity index (χ3v) is 1.03. The highest BCUT2D eigenvalue weighted by molar-refractivity contribution is 6.30. The number of rotatable bonds is 0. The molecule has 0 radical (unpaired) electrons. The molecule has 1 heterocycles. The van der Waals surface area contributed by atoms with Crippen LogP contribution in [0.3, 0.4) is 0 Å². The first-order valence-electron chi connectivity index (χ1n) is 2.31. The van der Waals surface area contributed by atoms with Gasteiger partial charge < -0.3 is 0 Å². The van der Waals surface area contributed by atoms with Crippen LogP contribution in [-0.4, -0.2) is 0 Å². The molecular formula is C5H5ClFN2+. The number of hydrogen-bond acceptors (Lipinski definition) is 1. The highest BCUT2D eigenvalue weighted by atomic mass is 35.5. The van der Waals surface area contributed by atoms with Gasteiger partial charge in [0, 0.05) is 6.07 Å². The summed E-state index contributed by atoms with van der Waals surface area (Å²) < 4.78 is 13.3. The van der Waals surface area contributed by atoms with Gasteiger partial charge in [-0.3, -0.25) is 0 Å². The molecule has 1 aromatic heterocycles. The van der Waals surface area contributed by atoms with E-state index < -0.39 is 5.82 Å². The molecule has 0 aromatic carbocycles. The SMILES string of the molecule is N[n+]1cc(F)cc(Cl)c1. The Balaban J connectivity index is 3.17. The second kappa shape index (κ2) is 2.19. The lowest BCUT2D eigenvalue weighted by Gasteiger charge is -1.86. The molecule has 2 N–H and O–H groups in total. The molecule has 48 valence electrons. The summed E-state index contributed by atoms with van der Waals surface area (Å²) in [4.78, 5) is 0. The van der Waals surface area contributed by atoms with Crippen LogP contribution in [-0.2, 0) is 0 Å². The van der Waals surface area contributed by atoms with Gasteiger partial charge in [0.25, 0.3) is 0 Å². The first-order valence-corrected chi connectivity index (χ1v) is 2.69. The summed E-state index contributed by atoms with van der Waals surface area (Å²) in [5.74, 6) is 4.71. The van der Waals surface area contributed by atoms with Crippen LogP contribution >= 0.6 is 11.6 Å². The Hall–Kier alpha value is -0.830. The quantitative estimate of drug-likeness (QED) is 0.420. The van der Waals surface area contributed by atoms with Crippen LogP contribution in [0.2, 0.25) is 5.02 Å². The zero-order chi connectivity index (χ0) is 6.85. The predicted octanol–water partition coefficient (Wildman–Crippen LogP) is 0.480. The maximum absolute atomic E-state index is 12.2. The highest BCUT2D eigenvalue weighted by Gasteiger charge is 2.00. The van der Waals surface area contributed by atoms with E-state index in [2.05, 4.69) is 0 Å². The van der Waals surface area contributed by atoms with Gasteiger partial charge in [0.2, 0.25) is 12.4 Å². The van der Waals surface area contributed by atoms with E-state index in [1.807, 2.05) is 0 Å². The average Bonchev–Trinajstić information content (AvgIpc) is 1.59. The Morgan fingerprint density at radius 3 is 2.67 bits per heavy atom. The summed E-state index contributed by atoms with van der Waals surface area (Å²) in [5, 5.41) is 0.289. The maximum Gasteiger partial charge on any atom is 0.234 e. The van der Waals surface area contributed by atoms with Gasteiger partial charge in [0.05, 0.1) is 0 Å². The minimum atomic E-state index is -0.440. The number of aromatic nitrogens is 1. The Labute approximate surface area is 56.6 Å². The van der Waals surface area contributed by atoms with E-state index in [0.717, 1.165) is 10.9 Å². The van der Waals surface area contributed by atoms with Crippen LogP contribution < -0.4 is 10.5 Å². The molecule has 1 aromatic rings. The van der Waals surface area contributed by atoms with E-state index in [-0.39, 0.29) is 5.02 Å². The molecule has 0 fully saturated rings. The zero-order valence-electron chi connectivity index (χ0n) is 4.51. The summed E-state index contributed by atoms with van der Waals surface area (Å²) in [7, 11) is 0. The van der Waals surface area contributed by atoms with Crippen LogP contribution in [0.15, 0.2) is 18.5 Å². The zero-order valence-corrected chi connectivity index (χ0v) is 5.27. The summed E-state index contributed by atoms with van der Waals surface area (Å²) in [6.07, 6.45) is 2.54. The predicted molar refractivity (Wildman–Crippen MR) is 31.8 cm³/mol. The van der Waals surface area contributed by atoms with E-state index in [1.165, 1.54) is 12.3 Å². The van der Waals surface area contributed by atoms with Crippen LogP contribution in [0.4, 0.5) is 4.39 Å². The number of hydrogen-bond donors (Lipinski definition) is 1. The van der Waals surface area contributed by atoms with Gasteiger partial charge >= 0.3 is 0 Å². The number of pyridine rings is 1. The van der Waals surface area contributed by atoms with Gasteiger partial charge in [-0.2, -0.15) is 0 Å². The molecule has 0 bridgehead atoms. The van der Waals surface area contributed by atoms with Crippen molar-refractivity contribution in [2.24, 2.45) is 0 Å². The first-order chi connectivity index (χ1) is 4.18. The lowest BCUT2D eigenvalue weighted by Crippen LogP contribution is -2.43. The van der Waals surface area contributed by atoms with Crippen molar-refractivity contribution in [1.29, 1.82) is 0 Å². The molecule has 1 rings (SSSR count). The first kappa shape index (κ1) is 6.29. The summed E-state index contributed by atoms with van der Waals surface area (Å²) in [6.45, 7) is 0. The molecule has 0 aliphatic heterocycles. The number of nitrogens with zero attached hydrogens (tertiary/aromatic N) is 1. The summed E-state index contributed by atoms with van der Waals surface area (Å²) >= 11 is 5.41. The largest absolute Gasteiger partial charge is 0.234 e. The number of nitrogens with two attached hydrogens (primary N) is 1. The lowest BCUT2D eigenvalue weighted by atomic mass is 10.5. The van der Waals surface area contributed by atoms with Crippen molar-refractivity contribution in [3.63, 3.8) is 0 Å². The van der Waals surface area contributed by atoms with Crippen molar-refractivity contribution in [2.45, 2.75) is 0 Å². The molecule has 4 heteroatoms. The molecule has 0 atom stereocenters. The molecule has 9 heavy (non-hydrogen) atoms. The normalized spacial score (nSPS) is 9.56. The fourth-order valence-corrected chi connectivity index (χ4v) is 0.745. The van der Waals surface area contributed by atoms with Crippen molar-refractivity contribution in [3.05, 3.63) is 29.3 Å². The monoisotopic (exact) mass is 147 g/mol. The second-order valence-corrected chi connectivity index (χ2v) is 2.06. The van der Waals surface area contributed by atoms with Crippen molar-refractivity contribution in [1.82, 2.24) is 0 Å². The molecule has 0 saturated heterocycles. The van der Waals surface area contributed by atoms with Crippen molar-refractivity contribution in [3.8, 4) is 0 Å². The third kappa shape index (κ3) is 1.54. The molecule has 0 spiro atoms. The Morgan fingerprint density at radius 2 is 2.22 bits per heavy atom. The van der Waals surface area contributed by atoms with E-state index in [9.17, 15) is 4.39 Å². The molecule has 0 aliphatic rings. The fraction of sp³-hybridized carbons (Fsp3) is 0. The molecule has 0 unspecified atom stereocenters.